The number of rotatable bonds is 5. The van der Waals surface area contributed by atoms with E-state index in [-0.39, 0.29) is 17.7 Å². The lowest BCUT2D eigenvalue weighted by atomic mass is 9.85. The molecular formula is C26H28O9. The summed E-state index contributed by atoms with van der Waals surface area (Å²) in [5, 5.41) is 30.6. The highest BCUT2D eigenvalue weighted by Crippen LogP contribution is 2.36. The molecule has 2 aromatic rings. The minimum atomic E-state index is -1.21. The molecule has 0 saturated carbocycles. The van der Waals surface area contributed by atoms with Crippen LogP contribution < -0.4 is 4.74 Å². The minimum Gasteiger partial charge on any atom is -0.495 e. The molecule has 2 aromatic carbocycles. The zero-order chi connectivity index (χ0) is 25.7. The molecule has 1 aliphatic heterocycles. The summed E-state index contributed by atoms with van der Waals surface area (Å²) >= 11 is 0. The molecular weight excluding hydrogens is 456 g/mol. The molecule has 9 nitrogen and oxygen atoms in total. The van der Waals surface area contributed by atoms with Gasteiger partial charge in [-0.25, -0.2) is 9.59 Å². The maximum Gasteiger partial charge on any atom is 0.337 e. The number of benzene rings is 2. The van der Waals surface area contributed by atoms with Crippen molar-refractivity contribution in [2.24, 2.45) is 5.92 Å². The molecule has 5 atom stereocenters. The van der Waals surface area contributed by atoms with Crippen LogP contribution in [0.25, 0.3) is 0 Å². The van der Waals surface area contributed by atoms with Gasteiger partial charge in [-0.2, -0.15) is 0 Å². The van der Waals surface area contributed by atoms with Crippen LogP contribution in [0.15, 0.2) is 36.4 Å². The molecule has 0 aliphatic carbocycles. The Kier molecular flexibility index (Phi) is 8.48. The Bertz CT molecular complexity index is 1110. The highest BCUT2D eigenvalue weighted by molar-refractivity contribution is 5.96. The van der Waals surface area contributed by atoms with Crippen LogP contribution in [0.2, 0.25) is 0 Å². The molecule has 1 fully saturated rings. The number of methoxy groups -OCH3 is 3. The summed E-state index contributed by atoms with van der Waals surface area (Å²) < 4.78 is 20.8. The summed E-state index contributed by atoms with van der Waals surface area (Å²) in [5.74, 6) is 4.60. The van der Waals surface area contributed by atoms with E-state index < -0.39 is 42.3 Å². The average molecular weight is 485 g/mol. The van der Waals surface area contributed by atoms with Crippen LogP contribution in [0.5, 0.6) is 5.75 Å². The summed E-state index contributed by atoms with van der Waals surface area (Å²) in [5.41, 5.74) is 1.61. The van der Waals surface area contributed by atoms with Crippen molar-refractivity contribution in [1.82, 2.24) is 0 Å². The van der Waals surface area contributed by atoms with E-state index in [1.807, 2.05) is 0 Å². The molecule has 0 bridgehead atoms. The van der Waals surface area contributed by atoms with Gasteiger partial charge in [-0.1, -0.05) is 24.8 Å². The monoisotopic (exact) mass is 484 g/mol. The molecule has 0 spiro atoms. The van der Waals surface area contributed by atoms with Gasteiger partial charge in [0.05, 0.1) is 56.8 Å². The van der Waals surface area contributed by atoms with Crippen molar-refractivity contribution in [3.8, 4) is 17.6 Å². The zero-order valence-corrected chi connectivity index (χ0v) is 19.8. The van der Waals surface area contributed by atoms with Crippen molar-refractivity contribution in [1.29, 1.82) is 0 Å². The number of hydrogen-bond donors (Lipinski definition) is 3. The van der Waals surface area contributed by atoms with Crippen molar-refractivity contribution < 1.29 is 43.9 Å². The number of carbonyl (C=O) groups excluding carboxylic acids is 2. The first-order valence-corrected chi connectivity index (χ1v) is 10.9. The molecule has 9 heteroatoms. The SMILES string of the molecule is COC(=O)c1cc(C#Cc2cc(C3OC(CO)C(C)C(O)C3O)ccc2OC)cc(C(=O)OC)c1. The van der Waals surface area contributed by atoms with Gasteiger partial charge in [0.15, 0.2) is 0 Å². The van der Waals surface area contributed by atoms with Crippen molar-refractivity contribution >= 4 is 11.9 Å². The molecule has 1 saturated heterocycles. The number of esters is 2. The third-order valence-electron chi connectivity index (χ3n) is 5.96. The topological polar surface area (TPSA) is 132 Å². The largest absolute Gasteiger partial charge is 0.495 e. The van der Waals surface area contributed by atoms with E-state index in [2.05, 4.69) is 11.8 Å². The second-order valence-electron chi connectivity index (χ2n) is 8.11. The first-order valence-electron chi connectivity index (χ1n) is 10.9. The van der Waals surface area contributed by atoms with E-state index in [1.54, 1.807) is 25.1 Å². The Morgan fingerprint density at radius 2 is 1.57 bits per heavy atom. The van der Waals surface area contributed by atoms with Gasteiger partial charge in [-0.05, 0) is 35.9 Å². The van der Waals surface area contributed by atoms with Crippen molar-refractivity contribution in [2.75, 3.05) is 27.9 Å². The summed E-state index contributed by atoms with van der Waals surface area (Å²) in [6.07, 6.45) is -3.83. The van der Waals surface area contributed by atoms with Crippen LogP contribution in [-0.4, -0.2) is 73.5 Å². The van der Waals surface area contributed by atoms with E-state index in [1.165, 1.54) is 39.5 Å². The average Bonchev–Trinajstić information content (AvgIpc) is 2.89. The Labute approximate surface area is 203 Å². The zero-order valence-electron chi connectivity index (χ0n) is 19.8. The Balaban J connectivity index is 2.02. The summed E-state index contributed by atoms with van der Waals surface area (Å²) in [6, 6.07) is 9.32. The van der Waals surface area contributed by atoms with Crippen LogP contribution >= 0.6 is 0 Å². The van der Waals surface area contributed by atoms with Gasteiger partial charge in [0.2, 0.25) is 0 Å². The number of aliphatic hydroxyl groups is 3. The van der Waals surface area contributed by atoms with Crippen molar-refractivity contribution in [3.05, 3.63) is 64.2 Å². The highest BCUT2D eigenvalue weighted by Gasteiger charge is 2.42. The van der Waals surface area contributed by atoms with E-state index in [0.29, 0.717) is 22.4 Å². The maximum absolute atomic E-state index is 12.0. The molecule has 0 radical (unpaired) electrons. The summed E-state index contributed by atoms with van der Waals surface area (Å²) in [7, 11) is 3.94. The predicted molar refractivity (Wildman–Crippen MR) is 124 cm³/mol. The smallest absolute Gasteiger partial charge is 0.337 e. The van der Waals surface area contributed by atoms with Crippen molar-refractivity contribution in [3.63, 3.8) is 0 Å². The van der Waals surface area contributed by atoms with Gasteiger partial charge in [0.1, 0.15) is 18.0 Å². The van der Waals surface area contributed by atoms with Crippen LogP contribution in [0.3, 0.4) is 0 Å². The molecule has 5 unspecified atom stereocenters. The van der Waals surface area contributed by atoms with E-state index in [4.69, 9.17) is 18.9 Å². The van der Waals surface area contributed by atoms with E-state index in [0.717, 1.165) is 0 Å². The second-order valence-corrected chi connectivity index (χ2v) is 8.11. The number of hydrogen-bond acceptors (Lipinski definition) is 9. The van der Waals surface area contributed by atoms with Crippen LogP contribution in [-0.2, 0) is 14.2 Å². The van der Waals surface area contributed by atoms with Crippen molar-refractivity contribution in [2.45, 2.75) is 31.3 Å². The molecule has 0 aromatic heterocycles. The fourth-order valence-electron chi connectivity index (χ4n) is 3.90. The van der Waals surface area contributed by atoms with E-state index >= 15 is 0 Å². The predicted octanol–water partition coefficient (Wildman–Crippen LogP) is 1.46. The highest BCUT2D eigenvalue weighted by atomic mass is 16.5. The first-order chi connectivity index (χ1) is 16.7. The first kappa shape index (κ1) is 26.2. The molecule has 3 rings (SSSR count). The molecule has 0 amide bonds. The lowest BCUT2D eigenvalue weighted by Gasteiger charge is -2.41. The number of aliphatic hydroxyl groups excluding tert-OH is 3. The fraction of sp³-hybridized carbons (Fsp3) is 0.385. The fourth-order valence-corrected chi connectivity index (χ4v) is 3.90. The van der Waals surface area contributed by atoms with Gasteiger partial charge >= 0.3 is 11.9 Å². The second kappa shape index (κ2) is 11.3. The number of ether oxygens (including phenoxy) is 4. The summed E-state index contributed by atoms with van der Waals surface area (Å²) in [4.78, 5) is 24.1. The Morgan fingerprint density at radius 1 is 0.943 bits per heavy atom. The molecule has 1 heterocycles. The maximum atomic E-state index is 12.0. The van der Waals surface area contributed by atoms with E-state index in [9.17, 15) is 24.9 Å². The van der Waals surface area contributed by atoms with Gasteiger partial charge < -0.3 is 34.3 Å². The molecule has 3 N–H and O–H groups in total. The third-order valence-corrected chi connectivity index (χ3v) is 5.96. The van der Waals surface area contributed by atoms with Gasteiger partial charge in [-0.15, -0.1) is 0 Å². The molecule has 35 heavy (non-hydrogen) atoms. The van der Waals surface area contributed by atoms with Crippen LogP contribution in [0, 0.1) is 17.8 Å². The van der Waals surface area contributed by atoms with Gasteiger partial charge in [-0.3, -0.25) is 0 Å². The molecule has 186 valence electrons. The quantitative estimate of drug-likeness (QED) is 0.426. The van der Waals surface area contributed by atoms with Crippen LogP contribution in [0.4, 0.5) is 0 Å². The Morgan fingerprint density at radius 3 is 2.11 bits per heavy atom. The summed E-state index contributed by atoms with van der Waals surface area (Å²) in [6.45, 7) is 1.39. The van der Waals surface area contributed by atoms with Gasteiger partial charge in [0.25, 0.3) is 0 Å². The lowest BCUT2D eigenvalue weighted by Crippen LogP contribution is -2.50. The van der Waals surface area contributed by atoms with Gasteiger partial charge in [0, 0.05) is 11.5 Å². The lowest BCUT2D eigenvalue weighted by molar-refractivity contribution is -0.207. The third kappa shape index (κ3) is 5.63. The molecule has 1 aliphatic rings. The number of carbonyl (C=O) groups is 2. The van der Waals surface area contributed by atoms with Crippen LogP contribution in [0.1, 0.15) is 50.4 Å². The minimum absolute atomic E-state index is 0.136. The Hall–Kier alpha value is -3.42. The standard InChI is InChI=1S/C26H28O9/c1-14-21(13-27)35-24(23(29)22(14)28)17-7-8-20(32-2)16(11-17)6-5-15-9-18(25(30)33-3)12-19(10-15)26(31)34-4/h7-12,14,21-24,27-29H,13H2,1-4H3. The normalized spacial score (nSPS) is 23.6.